The third kappa shape index (κ3) is 4.75. The van der Waals surface area contributed by atoms with E-state index < -0.39 is 17.9 Å². The van der Waals surface area contributed by atoms with Crippen LogP contribution >= 0.6 is 0 Å². The molecule has 0 spiro atoms. The quantitative estimate of drug-likeness (QED) is 0.535. The lowest BCUT2D eigenvalue weighted by atomic mass is 10.2. The average molecular weight is 296 g/mol. The van der Waals surface area contributed by atoms with Crippen LogP contribution in [-0.4, -0.2) is 57.3 Å². The van der Waals surface area contributed by atoms with Crippen LogP contribution in [0.15, 0.2) is 18.3 Å². The lowest BCUT2D eigenvalue weighted by molar-refractivity contribution is -0.140. The topological polar surface area (TPSA) is 95.0 Å². The second-order valence-corrected chi connectivity index (χ2v) is 3.90. The number of aromatic nitrogens is 1. The minimum Gasteiger partial charge on any atom is -0.468 e. The molecule has 0 saturated heterocycles. The van der Waals surface area contributed by atoms with Gasteiger partial charge in [0.15, 0.2) is 0 Å². The molecule has 0 fully saturated rings. The first-order chi connectivity index (χ1) is 10.0. The van der Waals surface area contributed by atoms with Gasteiger partial charge in [0.1, 0.15) is 18.9 Å². The van der Waals surface area contributed by atoms with Gasteiger partial charge in [0.25, 0.3) is 0 Å². The van der Waals surface area contributed by atoms with Gasteiger partial charge in [-0.2, -0.15) is 0 Å². The summed E-state index contributed by atoms with van der Waals surface area (Å²) in [6.07, 6.45) is 1.38. The third-order valence-corrected chi connectivity index (χ3v) is 2.59. The Kier molecular flexibility index (Phi) is 6.12. The second kappa shape index (κ2) is 7.83. The molecule has 1 aromatic heterocycles. The highest BCUT2D eigenvalue weighted by Crippen LogP contribution is 2.13. The fourth-order valence-corrected chi connectivity index (χ4v) is 1.49. The summed E-state index contributed by atoms with van der Waals surface area (Å²) in [6.45, 7) is -0.410. The van der Waals surface area contributed by atoms with Gasteiger partial charge in [0.05, 0.1) is 26.9 Å². The van der Waals surface area contributed by atoms with Gasteiger partial charge in [-0.3, -0.25) is 9.59 Å². The maximum absolute atomic E-state index is 11.5. The van der Waals surface area contributed by atoms with E-state index in [9.17, 15) is 14.4 Å². The minimum absolute atomic E-state index is 0.205. The lowest BCUT2D eigenvalue weighted by Crippen LogP contribution is -2.36. The van der Waals surface area contributed by atoms with Crippen LogP contribution in [0.4, 0.5) is 5.82 Å². The maximum Gasteiger partial charge on any atom is 0.338 e. The monoisotopic (exact) mass is 296 g/mol. The zero-order valence-corrected chi connectivity index (χ0v) is 12.0. The first-order valence-corrected chi connectivity index (χ1v) is 5.94. The number of carbonyl (C=O) groups excluding carboxylic acids is 3. The highest BCUT2D eigenvalue weighted by Gasteiger charge is 2.18. The Labute approximate surface area is 121 Å². The van der Waals surface area contributed by atoms with E-state index in [2.05, 4.69) is 19.2 Å². The van der Waals surface area contributed by atoms with E-state index in [4.69, 9.17) is 0 Å². The van der Waals surface area contributed by atoms with E-state index in [1.165, 1.54) is 44.6 Å². The zero-order chi connectivity index (χ0) is 15.8. The molecule has 8 heteroatoms. The molecule has 114 valence electrons. The lowest BCUT2D eigenvalue weighted by Gasteiger charge is -2.21. The van der Waals surface area contributed by atoms with E-state index >= 15 is 0 Å². The van der Waals surface area contributed by atoms with Crippen LogP contribution in [-0.2, 0) is 23.8 Å². The van der Waals surface area contributed by atoms with Crippen molar-refractivity contribution < 1.29 is 28.6 Å². The van der Waals surface area contributed by atoms with Crippen molar-refractivity contribution in [3.05, 3.63) is 23.9 Å². The van der Waals surface area contributed by atoms with Crippen molar-refractivity contribution in [2.24, 2.45) is 0 Å². The van der Waals surface area contributed by atoms with E-state index in [1.807, 2.05) is 0 Å². The number of rotatable bonds is 6. The van der Waals surface area contributed by atoms with Crippen LogP contribution < -0.4 is 4.90 Å². The summed E-state index contributed by atoms with van der Waals surface area (Å²) in [7, 11) is 3.72. The summed E-state index contributed by atoms with van der Waals surface area (Å²) in [5.74, 6) is -1.39. The summed E-state index contributed by atoms with van der Waals surface area (Å²) < 4.78 is 13.7. The van der Waals surface area contributed by atoms with Gasteiger partial charge in [0.2, 0.25) is 0 Å². The normalized spacial score (nSPS) is 9.67. The smallest absolute Gasteiger partial charge is 0.338 e. The summed E-state index contributed by atoms with van der Waals surface area (Å²) >= 11 is 0. The highest BCUT2D eigenvalue weighted by molar-refractivity contribution is 5.90. The number of carbonyl (C=O) groups is 3. The van der Waals surface area contributed by atoms with Crippen molar-refractivity contribution in [1.29, 1.82) is 0 Å². The van der Waals surface area contributed by atoms with Crippen molar-refractivity contribution in [2.45, 2.75) is 0 Å². The van der Waals surface area contributed by atoms with Crippen molar-refractivity contribution >= 4 is 23.7 Å². The Bertz CT molecular complexity index is 513. The molecule has 1 heterocycles. The maximum atomic E-state index is 11.5. The van der Waals surface area contributed by atoms with Crippen molar-refractivity contribution in [1.82, 2.24) is 4.98 Å². The minimum atomic E-state index is -0.552. The van der Waals surface area contributed by atoms with Gasteiger partial charge < -0.3 is 19.1 Å². The van der Waals surface area contributed by atoms with E-state index in [-0.39, 0.29) is 24.5 Å². The van der Waals surface area contributed by atoms with Gasteiger partial charge >= 0.3 is 17.9 Å². The molecule has 1 aromatic rings. The molecule has 1 rings (SSSR count). The van der Waals surface area contributed by atoms with Gasteiger partial charge in [-0.05, 0) is 12.1 Å². The van der Waals surface area contributed by atoms with Gasteiger partial charge in [-0.15, -0.1) is 0 Å². The number of hydrogen-bond acceptors (Lipinski definition) is 8. The van der Waals surface area contributed by atoms with Crippen LogP contribution in [0.1, 0.15) is 10.4 Å². The largest absolute Gasteiger partial charge is 0.468 e. The first kappa shape index (κ1) is 16.4. The third-order valence-electron chi connectivity index (χ3n) is 2.59. The van der Waals surface area contributed by atoms with Crippen LogP contribution in [0.25, 0.3) is 0 Å². The van der Waals surface area contributed by atoms with E-state index in [0.717, 1.165) is 0 Å². The molecule has 0 bridgehead atoms. The molecule has 0 amide bonds. The fourth-order valence-electron chi connectivity index (χ4n) is 1.49. The molecule has 0 aliphatic carbocycles. The van der Waals surface area contributed by atoms with Crippen LogP contribution in [0.3, 0.4) is 0 Å². The fraction of sp³-hybridized carbons (Fsp3) is 0.385. The Balaban J connectivity index is 3.03. The molecule has 0 radical (unpaired) electrons. The summed E-state index contributed by atoms with van der Waals surface area (Å²) in [4.78, 5) is 39.7. The number of ether oxygens (including phenoxy) is 3. The Morgan fingerprint density at radius 3 is 2.10 bits per heavy atom. The van der Waals surface area contributed by atoms with Gasteiger partial charge in [-0.1, -0.05) is 0 Å². The van der Waals surface area contributed by atoms with Crippen molar-refractivity contribution in [3.8, 4) is 0 Å². The van der Waals surface area contributed by atoms with Crippen LogP contribution in [0.2, 0.25) is 0 Å². The molecule has 0 aromatic carbocycles. The predicted molar refractivity (Wildman–Crippen MR) is 71.8 cm³/mol. The molecular formula is C13H16N2O6. The Hall–Kier alpha value is -2.64. The number of nitrogens with zero attached hydrogens (tertiary/aromatic N) is 2. The molecule has 0 saturated carbocycles. The van der Waals surface area contributed by atoms with Crippen LogP contribution in [0, 0.1) is 0 Å². The average Bonchev–Trinajstić information content (AvgIpc) is 2.53. The number of esters is 3. The summed E-state index contributed by atoms with van der Waals surface area (Å²) in [6, 6.07) is 2.88. The molecule has 8 nitrogen and oxygen atoms in total. The van der Waals surface area contributed by atoms with Crippen molar-refractivity contribution in [3.63, 3.8) is 0 Å². The molecule has 0 atom stereocenters. The second-order valence-electron chi connectivity index (χ2n) is 3.90. The molecule has 0 aliphatic heterocycles. The van der Waals surface area contributed by atoms with Gasteiger partial charge in [0, 0.05) is 6.20 Å². The molecular weight excluding hydrogens is 280 g/mol. The summed E-state index contributed by atoms with van der Waals surface area (Å²) in [5, 5.41) is 0. The number of pyridine rings is 1. The van der Waals surface area contributed by atoms with E-state index in [1.54, 1.807) is 0 Å². The summed E-state index contributed by atoms with van der Waals surface area (Å²) in [5.41, 5.74) is 0.252. The number of methoxy groups -OCH3 is 3. The van der Waals surface area contributed by atoms with Crippen molar-refractivity contribution in [2.75, 3.05) is 39.3 Å². The molecule has 0 unspecified atom stereocenters. The standard InChI is InChI=1S/C13H16N2O6/c1-19-11(16)7-15(8-12(17)20-2)10-6-9(4-5-14-10)13(18)21-3/h4-6H,7-8H2,1-3H3. The first-order valence-electron chi connectivity index (χ1n) is 5.94. The SMILES string of the molecule is COC(=O)CN(CC(=O)OC)c1cc(C(=O)OC)ccn1. The number of hydrogen-bond donors (Lipinski definition) is 0. The van der Waals surface area contributed by atoms with Gasteiger partial charge in [-0.25, -0.2) is 9.78 Å². The zero-order valence-electron chi connectivity index (χ0n) is 12.0. The Morgan fingerprint density at radius 1 is 1.05 bits per heavy atom. The molecule has 21 heavy (non-hydrogen) atoms. The predicted octanol–water partition coefficient (Wildman–Crippen LogP) is 0.0206. The number of anilines is 1. The highest BCUT2D eigenvalue weighted by atomic mass is 16.5. The van der Waals surface area contributed by atoms with E-state index in [0.29, 0.717) is 0 Å². The van der Waals surface area contributed by atoms with Crippen LogP contribution in [0.5, 0.6) is 0 Å². The molecule has 0 N–H and O–H groups in total. The molecule has 0 aliphatic rings. The Morgan fingerprint density at radius 2 is 1.62 bits per heavy atom.